The number of nitrogens with one attached hydrogen (secondary N) is 2. The summed E-state index contributed by atoms with van der Waals surface area (Å²) in [6.45, 7) is 7.35. The summed E-state index contributed by atoms with van der Waals surface area (Å²) in [5.41, 5.74) is 0. The molecule has 0 aliphatic carbocycles. The molecule has 17 heavy (non-hydrogen) atoms. The Morgan fingerprint density at radius 3 is 2.88 bits per heavy atom. The first kappa shape index (κ1) is 14.8. The van der Waals surface area contributed by atoms with Gasteiger partial charge in [-0.3, -0.25) is 4.79 Å². The smallest absolute Gasteiger partial charge is 0.220 e. The van der Waals surface area contributed by atoms with Gasteiger partial charge in [-0.15, -0.1) is 0 Å². The molecule has 3 atom stereocenters. The number of carbonyl (C=O) groups excluding carboxylic acids is 1. The van der Waals surface area contributed by atoms with Crippen LogP contribution in [0.15, 0.2) is 0 Å². The zero-order valence-electron chi connectivity index (χ0n) is 11.3. The summed E-state index contributed by atoms with van der Waals surface area (Å²) in [5, 5.41) is 6.94. The van der Waals surface area contributed by atoms with Crippen LogP contribution in [-0.2, 0) is 4.79 Å². The molecule has 1 aliphatic heterocycles. The largest absolute Gasteiger partial charge is 0.355 e. The number of carbonyl (C=O) groups is 1. The van der Waals surface area contributed by atoms with Crippen LogP contribution in [0.25, 0.3) is 0 Å². The molecule has 4 heteroatoms. The van der Waals surface area contributed by atoms with Gasteiger partial charge in [-0.05, 0) is 44.0 Å². The second kappa shape index (κ2) is 7.98. The highest BCUT2D eigenvalue weighted by molar-refractivity contribution is 7.99. The van der Waals surface area contributed by atoms with Crippen LogP contribution < -0.4 is 10.6 Å². The summed E-state index contributed by atoms with van der Waals surface area (Å²) >= 11 is 1.79. The van der Waals surface area contributed by atoms with Crippen molar-refractivity contribution in [3.63, 3.8) is 0 Å². The number of rotatable bonds is 6. The Bertz CT molecular complexity index is 229. The lowest BCUT2D eigenvalue weighted by Crippen LogP contribution is -2.36. The summed E-state index contributed by atoms with van der Waals surface area (Å²) in [6, 6.07) is 0. The van der Waals surface area contributed by atoms with E-state index >= 15 is 0 Å². The van der Waals surface area contributed by atoms with Crippen molar-refractivity contribution in [2.75, 3.05) is 25.9 Å². The van der Waals surface area contributed by atoms with Crippen molar-refractivity contribution >= 4 is 17.7 Å². The van der Waals surface area contributed by atoms with E-state index in [-0.39, 0.29) is 5.91 Å². The van der Waals surface area contributed by atoms with Crippen LogP contribution in [0.1, 0.15) is 33.1 Å². The zero-order chi connectivity index (χ0) is 12.7. The molecule has 0 unspecified atom stereocenters. The van der Waals surface area contributed by atoms with Gasteiger partial charge in [0, 0.05) is 18.2 Å². The fourth-order valence-electron chi connectivity index (χ4n) is 2.24. The highest BCUT2D eigenvalue weighted by atomic mass is 32.2. The van der Waals surface area contributed by atoms with Crippen molar-refractivity contribution in [1.29, 1.82) is 0 Å². The van der Waals surface area contributed by atoms with Gasteiger partial charge >= 0.3 is 0 Å². The van der Waals surface area contributed by atoms with Crippen LogP contribution in [0, 0.1) is 11.8 Å². The molecule has 2 N–H and O–H groups in total. The molecule has 0 aromatic heterocycles. The summed E-state index contributed by atoms with van der Waals surface area (Å²) in [4.78, 5) is 11.8. The number of hydrogen-bond donors (Lipinski definition) is 2. The zero-order valence-corrected chi connectivity index (χ0v) is 12.1. The topological polar surface area (TPSA) is 41.1 Å². The summed E-state index contributed by atoms with van der Waals surface area (Å²) < 4.78 is 0. The van der Waals surface area contributed by atoms with Crippen LogP contribution in [0.2, 0.25) is 0 Å². The maximum atomic E-state index is 11.8. The van der Waals surface area contributed by atoms with Gasteiger partial charge in [-0.25, -0.2) is 0 Å². The highest BCUT2D eigenvalue weighted by Gasteiger charge is 2.21. The quantitative estimate of drug-likeness (QED) is 0.764. The third kappa shape index (κ3) is 5.77. The van der Waals surface area contributed by atoms with Crippen molar-refractivity contribution in [2.24, 2.45) is 11.8 Å². The highest BCUT2D eigenvalue weighted by Crippen LogP contribution is 2.22. The van der Waals surface area contributed by atoms with Crippen LogP contribution in [-0.4, -0.2) is 37.0 Å². The van der Waals surface area contributed by atoms with E-state index in [1.807, 2.05) is 0 Å². The van der Waals surface area contributed by atoms with Gasteiger partial charge < -0.3 is 10.6 Å². The van der Waals surface area contributed by atoms with Gasteiger partial charge in [0.15, 0.2) is 0 Å². The minimum Gasteiger partial charge on any atom is -0.355 e. The summed E-state index contributed by atoms with van der Waals surface area (Å²) in [5.74, 6) is 1.38. The predicted octanol–water partition coefficient (Wildman–Crippen LogP) is 1.88. The van der Waals surface area contributed by atoms with Crippen molar-refractivity contribution < 1.29 is 4.79 Å². The van der Waals surface area contributed by atoms with Crippen LogP contribution in [0.3, 0.4) is 0 Å². The van der Waals surface area contributed by atoms with Crippen LogP contribution >= 0.6 is 11.8 Å². The van der Waals surface area contributed by atoms with Crippen molar-refractivity contribution in [2.45, 2.75) is 38.4 Å². The third-order valence-corrected chi connectivity index (χ3v) is 4.61. The van der Waals surface area contributed by atoms with Gasteiger partial charge in [0.2, 0.25) is 5.91 Å². The third-order valence-electron chi connectivity index (χ3n) is 3.64. The average Bonchev–Trinajstić information content (AvgIpc) is 2.36. The molecule has 0 aromatic rings. The second-order valence-corrected chi connectivity index (χ2v) is 6.41. The van der Waals surface area contributed by atoms with E-state index in [4.69, 9.17) is 0 Å². The fraction of sp³-hybridized carbons (Fsp3) is 0.923. The van der Waals surface area contributed by atoms with E-state index in [1.54, 1.807) is 11.8 Å². The van der Waals surface area contributed by atoms with E-state index in [0.717, 1.165) is 19.6 Å². The molecule has 1 fully saturated rings. The minimum atomic E-state index is 0.212. The maximum absolute atomic E-state index is 11.8. The second-order valence-electron chi connectivity index (χ2n) is 5.14. The van der Waals surface area contributed by atoms with Gasteiger partial charge in [0.25, 0.3) is 0 Å². The normalized spacial score (nSPS) is 24.1. The lowest BCUT2D eigenvalue weighted by Gasteiger charge is -2.28. The molecule has 0 saturated carbocycles. The van der Waals surface area contributed by atoms with Gasteiger partial charge in [-0.1, -0.05) is 13.8 Å². The number of thioether (sulfide) groups is 1. The number of amides is 1. The van der Waals surface area contributed by atoms with E-state index in [9.17, 15) is 4.79 Å². The Labute approximate surface area is 109 Å². The van der Waals surface area contributed by atoms with E-state index in [2.05, 4.69) is 30.7 Å². The lowest BCUT2D eigenvalue weighted by molar-refractivity contribution is -0.122. The standard InChI is InChI=1S/C13H26N2OS/c1-10(12-5-4-6-14-9-12)7-13(16)15-8-11(2)17-3/h10-12,14H,4-9H2,1-3H3,(H,15,16)/t10-,11-,12-/m1/s1. The first-order valence-corrected chi connectivity index (χ1v) is 7.92. The van der Waals surface area contributed by atoms with Crippen LogP contribution in [0.5, 0.6) is 0 Å². The molecule has 0 spiro atoms. The predicted molar refractivity (Wildman–Crippen MR) is 75.4 cm³/mol. The van der Waals surface area contributed by atoms with Crippen molar-refractivity contribution in [1.82, 2.24) is 10.6 Å². The molecule has 0 radical (unpaired) electrons. The monoisotopic (exact) mass is 258 g/mol. The summed E-state index contributed by atoms with van der Waals surface area (Å²) in [6.07, 6.45) is 5.27. The van der Waals surface area contributed by atoms with E-state index < -0.39 is 0 Å². The Balaban J connectivity index is 2.20. The summed E-state index contributed by atoms with van der Waals surface area (Å²) in [7, 11) is 0. The SMILES string of the molecule is CS[C@H](C)CNC(=O)C[C@@H](C)[C@@H]1CCCNC1. The minimum absolute atomic E-state index is 0.212. The molecule has 3 nitrogen and oxygen atoms in total. The first-order chi connectivity index (χ1) is 8.13. The van der Waals surface area contributed by atoms with Crippen LogP contribution in [0.4, 0.5) is 0 Å². The van der Waals surface area contributed by atoms with E-state index in [1.165, 1.54) is 12.8 Å². The molecular formula is C13H26N2OS. The van der Waals surface area contributed by atoms with Gasteiger partial charge in [0.1, 0.15) is 0 Å². The number of piperidine rings is 1. The van der Waals surface area contributed by atoms with Crippen molar-refractivity contribution in [3.8, 4) is 0 Å². The molecule has 0 bridgehead atoms. The Kier molecular flexibility index (Phi) is 6.97. The molecule has 1 rings (SSSR count). The van der Waals surface area contributed by atoms with Crippen molar-refractivity contribution in [3.05, 3.63) is 0 Å². The van der Waals surface area contributed by atoms with Gasteiger partial charge in [-0.2, -0.15) is 11.8 Å². The number of hydrogen-bond acceptors (Lipinski definition) is 3. The molecular weight excluding hydrogens is 232 g/mol. The lowest BCUT2D eigenvalue weighted by atomic mass is 9.85. The first-order valence-electron chi connectivity index (χ1n) is 6.63. The molecule has 1 heterocycles. The molecule has 0 aromatic carbocycles. The Morgan fingerprint density at radius 2 is 2.29 bits per heavy atom. The fourth-order valence-corrected chi connectivity index (χ4v) is 2.49. The molecule has 100 valence electrons. The Hall–Kier alpha value is -0.220. The van der Waals surface area contributed by atoms with E-state index in [0.29, 0.717) is 23.5 Å². The molecule has 1 amide bonds. The molecule has 1 saturated heterocycles. The average molecular weight is 258 g/mol. The Morgan fingerprint density at radius 1 is 1.53 bits per heavy atom. The van der Waals surface area contributed by atoms with Gasteiger partial charge in [0.05, 0.1) is 0 Å². The molecule has 1 aliphatic rings. The maximum Gasteiger partial charge on any atom is 0.220 e.